The molecule has 1 amide bonds. The zero-order valence-corrected chi connectivity index (χ0v) is 18.4. The van der Waals surface area contributed by atoms with Crippen molar-refractivity contribution in [2.45, 2.75) is 13.5 Å². The second kappa shape index (κ2) is 9.77. The highest BCUT2D eigenvalue weighted by Crippen LogP contribution is 2.16. The van der Waals surface area contributed by atoms with Gasteiger partial charge in [-0.15, -0.1) is 0 Å². The van der Waals surface area contributed by atoms with Gasteiger partial charge < -0.3 is 9.80 Å². The average Bonchev–Trinajstić information content (AvgIpc) is 2.75. The van der Waals surface area contributed by atoms with Crippen molar-refractivity contribution in [3.63, 3.8) is 0 Å². The Labute approximate surface area is 184 Å². The fraction of sp³-hybridized carbons (Fsp3) is 0.478. The van der Waals surface area contributed by atoms with Gasteiger partial charge in [-0.2, -0.15) is 0 Å². The van der Waals surface area contributed by atoms with Crippen molar-refractivity contribution >= 4 is 23.3 Å². The quantitative estimate of drug-likeness (QED) is 0.733. The topological polar surface area (TPSA) is 42.9 Å². The molecule has 0 atom stereocenters. The van der Waals surface area contributed by atoms with Crippen LogP contribution in [-0.4, -0.2) is 84.5 Å². The smallest absolute Gasteiger partial charge is 0.236 e. The summed E-state index contributed by atoms with van der Waals surface area (Å²) in [6.45, 7) is 10.6. The van der Waals surface area contributed by atoms with Crippen molar-refractivity contribution in [2.75, 3.05) is 63.8 Å². The number of anilines is 1. The summed E-state index contributed by atoms with van der Waals surface area (Å²) in [4.78, 5) is 26.2. The molecule has 2 fully saturated rings. The van der Waals surface area contributed by atoms with E-state index in [2.05, 4.69) is 50.9 Å². The minimum Gasteiger partial charge on any atom is -0.354 e. The van der Waals surface area contributed by atoms with Gasteiger partial charge in [-0.05, 0) is 24.6 Å². The summed E-state index contributed by atoms with van der Waals surface area (Å²) >= 11 is 5.93. The summed E-state index contributed by atoms with van der Waals surface area (Å²) in [5.41, 5.74) is 2.65. The maximum absolute atomic E-state index is 12.8. The monoisotopic (exact) mass is 427 g/mol. The lowest BCUT2D eigenvalue weighted by molar-refractivity contribution is -0.134. The Morgan fingerprint density at radius 3 is 2.37 bits per heavy atom. The summed E-state index contributed by atoms with van der Waals surface area (Å²) in [5, 5.41) is 0.655. The van der Waals surface area contributed by atoms with E-state index in [9.17, 15) is 4.79 Å². The summed E-state index contributed by atoms with van der Waals surface area (Å²) in [7, 11) is 0. The van der Waals surface area contributed by atoms with E-state index in [0.29, 0.717) is 11.6 Å². The SMILES string of the molecule is Cc1cccc(CN2CCN(C(=O)CN3CCN(c4ccc(Cl)cn4)CC3)CC2)c1. The Morgan fingerprint density at radius 1 is 0.967 bits per heavy atom. The molecular weight excluding hydrogens is 398 g/mol. The number of hydrogen-bond acceptors (Lipinski definition) is 5. The number of pyridine rings is 1. The number of piperazine rings is 2. The fourth-order valence-electron chi connectivity index (χ4n) is 4.21. The molecule has 0 aliphatic carbocycles. The highest BCUT2D eigenvalue weighted by atomic mass is 35.5. The summed E-state index contributed by atoms with van der Waals surface area (Å²) in [5.74, 6) is 1.21. The number of aryl methyl sites for hydroxylation is 1. The summed E-state index contributed by atoms with van der Waals surface area (Å²) in [6.07, 6.45) is 1.69. The molecule has 0 bridgehead atoms. The average molecular weight is 428 g/mol. The first-order chi connectivity index (χ1) is 14.6. The highest BCUT2D eigenvalue weighted by Gasteiger charge is 2.25. The second-order valence-electron chi connectivity index (χ2n) is 8.24. The van der Waals surface area contributed by atoms with E-state index in [1.165, 1.54) is 11.1 Å². The lowest BCUT2D eigenvalue weighted by atomic mass is 10.1. The Bertz CT molecular complexity index is 843. The lowest BCUT2D eigenvalue weighted by Gasteiger charge is -2.38. The predicted octanol–water partition coefficient (Wildman–Crippen LogP) is 2.51. The molecule has 0 saturated carbocycles. The standard InChI is InChI=1S/C23H30ClN5O/c1-19-3-2-4-20(15-19)17-26-9-13-29(14-10-26)23(30)18-27-7-11-28(12-8-27)22-6-5-21(24)16-25-22/h2-6,15-16H,7-14,17-18H2,1H3. The third-order valence-corrected chi connectivity index (χ3v) is 6.20. The van der Waals surface area contributed by atoms with E-state index in [4.69, 9.17) is 11.6 Å². The molecule has 0 unspecified atom stereocenters. The van der Waals surface area contributed by atoms with Crippen LogP contribution in [0.5, 0.6) is 0 Å². The number of carbonyl (C=O) groups is 1. The van der Waals surface area contributed by atoms with Crippen LogP contribution in [0.4, 0.5) is 5.82 Å². The maximum Gasteiger partial charge on any atom is 0.236 e. The van der Waals surface area contributed by atoms with Gasteiger partial charge >= 0.3 is 0 Å². The molecule has 3 heterocycles. The van der Waals surface area contributed by atoms with Gasteiger partial charge in [0.15, 0.2) is 0 Å². The van der Waals surface area contributed by atoms with Gasteiger partial charge in [0.05, 0.1) is 11.6 Å². The van der Waals surface area contributed by atoms with Crippen molar-refractivity contribution in [2.24, 2.45) is 0 Å². The highest BCUT2D eigenvalue weighted by molar-refractivity contribution is 6.30. The Morgan fingerprint density at radius 2 is 1.70 bits per heavy atom. The molecule has 2 aliphatic heterocycles. The van der Waals surface area contributed by atoms with Crippen molar-refractivity contribution in [1.29, 1.82) is 0 Å². The lowest BCUT2D eigenvalue weighted by Crippen LogP contribution is -2.53. The van der Waals surface area contributed by atoms with Crippen LogP contribution in [0, 0.1) is 6.92 Å². The third kappa shape index (κ3) is 5.50. The number of nitrogens with zero attached hydrogens (tertiary/aromatic N) is 5. The van der Waals surface area contributed by atoms with Crippen molar-refractivity contribution in [3.8, 4) is 0 Å². The van der Waals surface area contributed by atoms with Crippen LogP contribution < -0.4 is 4.90 Å². The summed E-state index contributed by atoms with van der Waals surface area (Å²) in [6, 6.07) is 12.5. The van der Waals surface area contributed by atoms with Gasteiger partial charge in [0, 0.05) is 65.1 Å². The van der Waals surface area contributed by atoms with Gasteiger partial charge in [-0.25, -0.2) is 4.98 Å². The molecule has 2 saturated heterocycles. The van der Waals surface area contributed by atoms with Crippen LogP contribution in [0.2, 0.25) is 5.02 Å². The van der Waals surface area contributed by atoms with Crippen LogP contribution in [0.25, 0.3) is 0 Å². The van der Waals surface area contributed by atoms with E-state index in [1.54, 1.807) is 6.20 Å². The molecule has 0 radical (unpaired) electrons. The maximum atomic E-state index is 12.8. The molecule has 2 aromatic rings. The fourth-order valence-corrected chi connectivity index (χ4v) is 4.32. The number of benzene rings is 1. The number of carbonyl (C=O) groups excluding carboxylic acids is 1. The van der Waals surface area contributed by atoms with E-state index in [-0.39, 0.29) is 5.91 Å². The number of amides is 1. The Hall–Kier alpha value is -2.15. The van der Waals surface area contributed by atoms with Crippen molar-refractivity contribution in [3.05, 3.63) is 58.7 Å². The first-order valence-electron chi connectivity index (χ1n) is 10.7. The molecule has 4 rings (SSSR count). The van der Waals surface area contributed by atoms with E-state index < -0.39 is 0 Å². The molecule has 7 heteroatoms. The van der Waals surface area contributed by atoms with Gasteiger partial charge in [-0.1, -0.05) is 41.4 Å². The molecule has 2 aliphatic rings. The molecular formula is C23H30ClN5O. The number of aromatic nitrogens is 1. The molecule has 1 aromatic carbocycles. The van der Waals surface area contributed by atoms with Gasteiger partial charge in [-0.3, -0.25) is 14.6 Å². The van der Waals surface area contributed by atoms with Gasteiger partial charge in [0.25, 0.3) is 0 Å². The largest absolute Gasteiger partial charge is 0.354 e. The normalized spacial score (nSPS) is 18.6. The Balaban J connectivity index is 1.19. The zero-order valence-electron chi connectivity index (χ0n) is 17.6. The summed E-state index contributed by atoms with van der Waals surface area (Å²) < 4.78 is 0. The van der Waals surface area contributed by atoms with Crippen LogP contribution in [0.1, 0.15) is 11.1 Å². The van der Waals surface area contributed by atoms with Gasteiger partial charge in [0.1, 0.15) is 5.82 Å². The molecule has 30 heavy (non-hydrogen) atoms. The minimum absolute atomic E-state index is 0.253. The second-order valence-corrected chi connectivity index (χ2v) is 8.68. The predicted molar refractivity (Wildman–Crippen MR) is 121 cm³/mol. The number of hydrogen-bond donors (Lipinski definition) is 0. The number of rotatable bonds is 5. The zero-order chi connectivity index (χ0) is 20.9. The minimum atomic E-state index is 0.253. The number of halogens is 1. The third-order valence-electron chi connectivity index (χ3n) is 5.98. The van der Waals surface area contributed by atoms with Crippen molar-refractivity contribution < 1.29 is 4.79 Å². The molecule has 0 N–H and O–H groups in total. The Kier molecular flexibility index (Phi) is 6.87. The van der Waals surface area contributed by atoms with E-state index >= 15 is 0 Å². The first kappa shape index (κ1) is 21.1. The van der Waals surface area contributed by atoms with E-state index in [1.807, 2.05) is 17.0 Å². The molecule has 160 valence electrons. The first-order valence-corrected chi connectivity index (χ1v) is 11.1. The molecule has 6 nitrogen and oxygen atoms in total. The van der Waals surface area contributed by atoms with Crippen LogP contribution in [-0.2, 0) is 11.3 Å². The van der Waals surface area contributed by atoms with Crippen LogP contribution >= 0.6 is 11.6 Å². The van der Waals surface area contributed by atoms with Crippen LogP contribution in [0.15, 0.2) is 42.6 Å². The molecule has 0 spiro atoms. The van der Waals surface area contributed by atoms with Crippen molar-refractivity contribution in [1.82, 2.24) is 19.7 Å². The van der Waals surface area contributed by atoms with E-state index in [0.717, 1.165) is 64.7 Å². The van der Waals surface area contributed by atoms with Crippen LogP contribution in [0.3, 0.4) is 0 Å². The molecule has 1 aromatic heterocycles. The van der Waals surface area contributed by atoms with Gasteiger partial charge in [0.2, 0.25) is 5.91 Å².